The molecule has 3 aliphatic rings. The summed E-state index contributed by atoms with van der Waals surface area (Å²) in [5.41, 5.74) is 6.45. The first-order valence-corrected chi connectivity index (χ1v) is 12.3. The summed E-state index contributed by atoms with van der Waals surface area (Å²) in [5.74, 6) is 0.783. The molecule has 1 aliphatic heterocycles. The van der Waals surface area contributed by atoms with E-state index in [1.807, 2.05) is 0 Å². The number of hydrogen-bond donors (Lipinski definition) is 1. The van der Waals surface area contributed by atoms with Crippen LogP contribution in [0.5, 0.6) is 0 Å². The smallest absolute Gasteiger partial charge is 0.0486 e. The van der Waals surface area contributed by atoms with Gasteiger partial charge in [-0.15, -0.1) is 0 Å². The van der Waals surface area contributed by atoms with Crippen LogP contribution in [-0.2, 0) is 13.0 Å². The third-order valence-corrected chi connectivity index (χ3v) is 7.79. The summed E-state index contributed by atoms with van der Waals surface area (Å²) in [6.45, 7) is 2.27. The van der Waals surface area contributed by atoms with E-state index >= 15 is 0 Å². The molecule has 2 aliphatic carbocycles. The van der Waals surface area contributed by atoms with Gasteiger partial charge in [-0.2, -0.15) is 0 Å². The maximum atomic E-state index is 3.77. The number of fused-ring (bicyclic) bond motifs is 3. The predicted molar refractivity (Wildman–Crippen MR) is 119 cm³/mol. The zero-order valence-electron chi connectivity index (χ0n) is 17.6. The van der Waals surface area contributed by atoms with Crippen molar-refractivity contribution >= 4 is 10.9 Å². The van der Waals surface area contributed by atoms with E-state index in [1.165, 1.54) is 95.4 Å². The Morgan fingerprint density at radius 3 is 2.25 bits per heavy atom. The summed E-state index contributed by atoms with van der Waals surface area (Å²) < 4.78 is 2.65. The van der Waals surface area contributed by atoms with Crippen LogP contribution in [0.2, 0.25) is 0 Å². The number of nitrogens with zero attached hydrogens (tertiary/aromatic N) is 1. The van der Waals surface area contributed by atoms with Gasteiger partial charge in [-0.25, -0.2) is 0 Å². The molecule has 1 N–H and O–H groups in total. The molecular formula is C26H38N2. The summed E-state index contributed by atoms with van der Waals surface area (Å²) in [6.07, 6.45) is 19.8. The van der Waals surface area contributed by atoms with Crippen LogP contribution in [0.25, 0.3) is 10.9 Å². The van der Waals surface area contributed by atoms with Crippen LogP contribution in [0.4, 0.5) is 0 Å². The highest BCUT2D eigenvalue weighted by Gasteiger charge is 2.30. The summed E-state index contributed by atoms with van der Waals surface area (Å²) in [6, 6.07) is 8.19. The van der Waals surface area contributed by atoms with Gasteiger partial charge in [0.1, 0.15) is 0 Å². The lowest BCUT2D eigenvalue weighted by Gasteiger charge is -2.31. The number of rotatable bonds is 1. The summed E-state index contributed by atoms with van der Waals surface area (Å²) in [4.78, 5) is 0. The van der Waals surface area contributed by atoms with Gasteiger partial charge in [0.2, 0.25) is 0 Å². The Labute approximate surface area is 171 Å². The predicted octanol–water partition coefficient (Wildman–Crippen LogP) is 7.01. The maximum absolute atomic E-state index is 3.77. The largest absolute Gasteiger partial charge is 0.342 e. The Bertz CT molecular complexity index is 788. The normalized spacial score (nSPS) is 25.1. The Morgan fingerprint density at radius 2 is 1.50 bits per heavy atom. The third-order valence-electron chi connectivity index (χ3n) is 7.79. The van der Waals surface area contributed by atoms with Crippen LogP contribution < -0.4 is 5.32 Å². The molecule has 0 saturated heterocycles. The molecule has 1 atom stereocenters. The molecule has 0 unspecified atom stereocenters. The van der Waals surface area contributed by atoms with Crippen LogP contribution in [0, 0.1) is 0 Å². The number of hydrogen-bond acceptors (Lipinski definition) is 1. The first kappa shape index (κ1) is 18.7. The molecule has 152 valence electrons. The lowest BCUT2D eigenvalue weighted by atomic mass is 9.86. The first-order valence-electron chi connectivity index (χ1n) is 12.3. The van der Waals surface area contributed by atoms with Crippen LogP contribution in [0.3, 0.4) is 0 Å². The molecule has 1 aromatic heterocycles. The van der Waals surface area contributed by atoms with Crippen molar-refractivity contribution in [1.82, 2.24) is 9.88 Å². The van der Waals surface area contributed by atoms with Crippen molar-refractivity contribution in [3.05, 3.63) is 35.0 Å². The quantitative estimate of drug-likeness (QED) is 0.564. The van der Waals surface area contributed by atoms with E-state index in [4.69, 9.17) is 0 Å². The SMILES string of the molecule is c1cc2c(cc1C1CCCCCCCCCCC1)c1c3n2CCN[C@@H]3CCC1. The van der Waals surface area contributed by atoms with Crippen molar-refractivity contribution in [2.45, 2.75) is 108 Å². The van der Waals surface area contributed by atoms with E-state index in [1.54, 1.807) is 22.2 Å². The monoisotopic (exact) mass is 378 g/mol. The van der Waals surface area contributed by atoms with E-state index in [0.717, 1.165) is 19.0 Å². The van der Waals surface area contributed by atoms with Gasteiger partial charge in [-0.05, 0) is 61.3 Å². The molecule has 1 saturated carbocycles. The van der Waals surface area contributed by atoms with E-state index < -0.39 is 0 Å². The van der Waals surface area contributed by atoms with E-state index in [2.05, 4.69) is 28.1 Å². The second kappa shape index (κ2) is 8.61. The van der Waals surface area contributed by atoms with Crippen molar-refractivity contribution in [3.8, 4) is 0 Å². The van der Waals surface area contributed by atoms with Crippen LogP contribution >= 0.6 is 0 Å². The van der Waals surface area contributed by atoms with Crippen molar-refractivity contribution in [2.24, 2.45) is 0 Å². The number of nitrogens with one attached hydrogen (secondary N) is 1. The number of benzene rings is 1. The van der Waals surface area contributed by atoms with Gasteiger partial charge in [-0.1, -0.05) is 63.9 Å². The Morgan fingerprint density at radius 1 is 0.786 bits per heavy atom. The molecule has 28 heavy (non-hydrogen) atoms. The van der Waals surface area contributed by atoms with Gasteiger partial charge in [0.25, 0.3) is 0 Å². The van der Waals surface area contributed by atoms with Gasteiger partial charge in [0, 0.05) is 35.7 Å². The number of aryl methyl sites for hydroxylation is 1. The van der Waals surface area contributed by atoms with Crippen LogP contribution in [-0.4, -0.2) is 11.1 Å². The van der Waals surface area contributed by atoms with Crippen molar-refractivity contribution in [3.63, 3.8) is 0 Å². The Hall–Kier alpha value is -1.28. The molecule has 2 heterocycles. The second-order valence-corrected chi connectivity index (χ2v) is 9.65. The summed E-state index contributed by atoms with van der Waals surface area (Å²) in [7, 11) is 0. The molecule has 0 amide bonds. The summed E-state index contributed by atoms with van der Waals surface area (Å²) >= 11 is 0. The van der Waals surface area contributed by atoms with Crippen LogP contribution in [0.15, 0.2) is 18.2 Å². The Balaban J connectivity index is 1.44. The molecule has 2 aromatic rings. The van der Waals surface area contributed by atoms with Gasteiger partial charge < -0.3 is 9.88 Å². The lowest BCUT2D eigenvalue weighted by Crippen LogP contribution is -2.35. The molecule has 0 bridgehead atoms. The second-order valence-electron chi connectivity index (χ2n) is 9.65. The highest BCUT2D eigenvalue weighted by atomic mass is 15.1. The first-order chi connectivity index (χ1) is 13.9. The lowest BCUT2D eigenvalue weighted by molar-refractivity contribution is 0.384. The highest BCUT2D eigenvalue weighted by molar-refractivity contribution is 5.87. The zero-order valence-corrected chi connectivity index (χ0v) is 17.6. The molecular weight excluding hydrogens is 340 g/mol. The van der Waals surface area contributed by atoms with Crippen molar-refractivity contribution < 1.29 is 0 Å². The highest BCUT2D eigenvalue weighted by Crippen LogP contribution is 2.40. The molecule has 2 heteroatoms. The van der Waals surface area contributed by atoms with Crippen molar-refractivity contribution in [2.75, 3.05) is 6.54 Å². The van der Waals surface area contributed by atoms with E-state index in [-0.39, 0.29) is 0 Å². The molecule has 1 fully saturated rings. The van der Waals surface area contributed by atoms with Gasteiger partial charge >= 0.3 is 0 Å². The zero-order chi connectivity index (χ0) is 18.8. The minimum atomic E-state index is 0.606. The molecule has 0 radical (unpaired) electrons. The van der Waals surface area contributed by atoms with Crippen molar-refractivity contribution in [1.29, 1.82) is 0 Å². The fourth-order valence-corrected chi connectivity index (χ4v) is 6.28. The fraction of sp³-hybridized carbons (Fsp3) is 0.692. The average molecular weight is 379 g/mol. The van der Waals surface area contributed by atoms with E-state index in [0.29, 0.717) is 6.04 Å². The fourth-order valence-electron chi connectivity index (χ4n) is 6.28. The molecule has 0 spiro atoms. The molecule has 5 rings (SSSR count). The van der Waals surface area contributed by atoms with Gasteiger partial charge in [0.15, 0.2) is 0 Å². The van der Waals surface area contributed by atoms with Crippen LogP contribution in [0.1, 0.15) is 112 Å². The van der Waals surface area contributed by atoms with Gasteiger partial charge in [-0.3, -0.25) is 0 Å². The molecule has 1 aromatic carbocycles. The molecule has 2 nitrogen and oxygen atoms in total. The minimum absolute atomic E-state index is 0.606. The Kier molecular flexibility index (Phi) is 5.76. The summed E-state index contributed by atoms with van der Waals surface area (Å²) in [5, 5.41) is 5.36. The average Bonchev–Trinajstić information content (AvgIpc) is 3.04. The topological polar surface area (TPSA) is 17.0 Å². The minimum Gasteiger partial charge on any atom is -0.342 e. The standard InChI is InChI=1S/C26H38N2/c1-2-4-6-8-11-20(12-9-7-5-3-1)21-15-16-25-23(19-21)22-13-10-14-24-26(22)28(25)18-17-27-24/h15-16,19-20,24,27H,1-14,17-18H2/t24-/m1/s1. The maximum Gasteiger partial charge on any atom is 0.0486 e. The third kappa shape index (κ3) is 3.65. The van der Waals surface area contributed by atoms with Gasteiger partial charge in [0.05, 0.1) is 0 Å². The van der Waals surface area contributed by atoms with E-state index in [9.17, 15) is 0 Å². The number of aromatic nitrogens is 1.